The summed E-state index contributed by atoms with van der Waals surface area (Å²) in [7, 11) is 0. The van der Waals surface area contributed by atoms with Crippen LogP contribution in [0.15, 0.2) is 12.1 Å². The molecule has 128 valence electrons. The van der Waals surface area contributed by atoms with Gasteiger partial charge < -0.3 is 9.84 Å². The average Bonchev–Trinajstić information content (AvgIpc) is 2.45. The summed E-state index contributed by atoms with van der Waals surface area (Å²) < 4.78 is 6.39. The third-order valence-electron chi connectivity index (χ3n) is 6.01. The normalized spacial score (nSPS) is 28.6. The Morgan fingerprint density at radius 2 is 2.00 bits per heavy atom. The molecular weight excluding hydrogens is 284 g/mol. The van der Waals surface area contributed by atoms with E-state index in [1.165, 1.54) is 49.7 Å². The van der Waals surface area contributed by atoms with Crippen LogP contribution in [0.4, 0.5) is 0 Å². The molecule has 2 nitrogen and oxygen atoms in total. The molecule has 23 heavy (non-hydrogen) atoms. The molecule has 3 atom stereocenters. The molecule has 2 aliphatic rings. The van der Waals surface area contributed by atoms with E-state index in [1.54, 1.807) is 0 Å². The summed E-state index contributed by atoms with van der Waals surface area (Å²) in [5.41, 5.74) is 2.61. The molecule has 1 aromatic rings. The van der Waals surface area contributed by atoms with Gasteiger partial charge >= 0.3 is 0 Å². The Labute approximate surface area is 141 Å². The predicted molar refractivity (Wildman–Crippen MR) is 95.3 cm³/mol. The summed E-state index contributed by atoms with van der Waals surface area (Å²) >= 11 is 0. The van der Waals surface area contributed by atoms with Crippen molar-refractivity contribution < 1.29 is 9.84 Å². The zero-order chi connectivity index (χ0) is 16.6. The largest absolute Gasteiger partial charge is 0.508 e. The van der Waals surface area contributed by atoms with Crippen molar-refractivity contribution in [3.8, 4) is 11.5 Å². The maximum atomic E-state index is 10.2. The first-order valence-corrected chi connectivity index (χ1v) is 9.47. The summed E-state index contributed by atoms with van der Waals surface area (Å²) in [5, 5.41) is 10.2. The van der Waals surface area contributed by atoms with E-state index in [0.29, 0.717) is 17.6 Å². The van der Waals surface area contributed by atoms with E-state index >= 15 is 0 Å². The second-order valence-corrected chi connectivity index (χ2v) is 8.31. The van der Waals surface area contributed by atoms with Crippen molar-refractivity contribution in [3.05, 3.63) is 23.3 Å². The highest BCUT2D eigenvalue weighted by Gasteiger charge is 2.46. The lowest BCUT2D eigenvalue weighted by Crippen LogP contribution is -2.47. The Morgan fingerprint density at radius 1 is 1.22 bits per heavy atom. The SMILES string of the molecule is CCCCCc1cc(O)cc2c1[C@@H]1C[C@H](C)CC[C@@H]1C(C)(C)O2. The van der Waals surface area contributed by atoms with Gasteiger partial charge in [-0.25, -0.2) is 0 Å². The fourth-order valence-corrected chi connectivity index (χ4v) is 4.84. The maximum Gasteiger partial charge on any atom is 0.127 e. The number of hydrogen-bond donors (Lipinski definition) is 1. The van der Waals surface area contributed by atoms with Crippen molar-refractivity contribution in [1.82, 2.24) is 0 Å². The Bertz CT molecular complexity index is 561. The Balaban J connectivity index is 2.01. The van der Waals surface area contributed by atoms with Gasteiger partial charge in [0.05, 0.1) is 0 Å². The van der Waals surface area contributed by atoms with Gasteiger partial charge in [-0.15, -0.1) is 0 Å². The van der Waals surface area contributed by atoms with Crippen LogP contribution in [0.2, 0.25) is 0 Å². The molecule has 1 heterocycles. The number of hydrogen-bond acceptors (Lipinski definition) is 2. The van der Waals surface area contributed by atoms with Gasteiger partial charge in [0.1, 0.15) is 17.1 Å². The fraction of sp³-hybridized carbons (Fsp3) is 0.714. The third-order valence-corrected chi connectivity index (χ3v) is 6.01. The van der Waals surface area contributed by atoms with E-state index in [4.69, 9.17) is 4.74 Å². The number of fused-ring (bicyclic) bond motifs is 3. The van der Waals surface area contributed by atoms with Crippen LogP contribution in [0.1, 0.15) is 83.3 Å². The second-order valence-electron chi connectivity index (χ2n) is 8.31. The molecule has 0 aromatic heterocycles. The van der Waals surface area contributed by atoms with E-state index in [9.17, 15) is 5.11 Å². The fourth-order valence-electron chi connectivity index (χ4n) is 4.84. The topological polar surface area (TPSA) is 29.5 Å². The van der Waals surface area contributed by atoms with Crippen LogP contribution in [0.5, 0.6) is 11.5 Å². The first kappa shape index (κ1) is 16.7. The molecule has 2 heteroatoms. The number of aromatic hydroxyl groups is 1. The van der Waals surface area contributed by atoms with E-state index < -0.39 is 0 Å². The lowest BCUT2D eigenvalue weighted by molar-refractivity contribution is -0.0141. The zero-order valence-corrected chi connectivity index (χ0v) is 15.2. The Morgan fingerprint density at radius 3 is 2.74 bits per heavy atom. The minimum absolute atomic E-state index is 0.133. The van der Waals surface area contributed by atoms with Crippen LogP contribution >= 0.6 is 0 Å². The summed E-state index contributed by atoms with van der Waals surface area (Å²) in [6.07, 6.45) is 8.57. The molecule has 1 aliphatic carbocycles. The minimum atomic E-state index is -0.133. The Hall–Kier alpha value is -1.18. The van der Waals surface area contributed by atoms with Crippen LogP contribution in [-0.2, 0) is 6.42 Å². The van der Waals surface area contributed by atoms with Crippen LogP contribution in [0, 0.1) is 11.8 Å². The molecule has 1 saturated carbocycles. The molecule has 0 saturated heterocycles. The first-order chi connectivity index (χ1) is 10.9. The highest BCUT2D eigenvalue weighted by molar-refractivity contribution is 5.50. The van der Waals surface area contributed by atoms with Gasteiger partial charge in [0.2, 0.25) is 0 Å². The number of unbranched alkanes of at least 4 members (excludes halogenated alkanes) is 2. The number of phenols is 1. The summed E-state index contributed by atoms with van der Waals surface area (Å²) in [6, 6.07) is 3.84. The highest BCUT2D eigenvalue weighted by Crippen LogP contribution is 2.54. The number of aryl methyl sites for hydroxylation is 1. The number of benzene rings is 1. The predicted octanol–water partition coefficient (Wildman–Crippen LogP) is 5.82. The van der Waals surface area contributed by atoms with E-state index in [2.05, 4.69) is 27.7 Å². The van der Waals surface area contributed by atoms with Crippen molar-refractivity contribution in [1.29, 1.82) is 0 Å². The quantitative estimate of drug-likeness (QED) is 0.710. The third kappa shape index (κ3) is 3.22. The molecule has 0 spiro atoms. The van der Waals surface area contributed by atoms with Crippen LogP contribution < -0.4 is 4.74 Å². The second kappa shape index (κ2) is 6.37. The highest BCUT2D eigenvalue weighted by atomic mass is 16.5. The molecule has 0 bridgehead atoms. The van der Waals surface area contributed by atoms with Gasteiger partial charge in [0.25, 0.3) is 0 Å². The van der Waals surface area contributed by atoms with Crippen LogP contribution in [-0.4, -0.2) is 10.7 Å². The van der Waals surface area contributed by atoms with Gasteiger partial charge in [-0.3, -0.25) is 0 Å². The smallest absolute Gasteiger partial charge is 0.127 e. The van der Waals surface area contributed by atoms with Crippen molar-refractivity contribution in [2.45, 2.75) is 84.2 Å². The van der Waals surface area contributed by atoms with E-state index in [1.807, 2.05) is 12.1 Å². The van der Waals surface area contributed by atoms with Gasteiger partial charge in [-0.2, -0.15) is 0 Å². The molecule has 0 unspecified atom stereocenters. The van der Waals surface area contributed by atoms with Crippen molar-refractivity contribution in [3.63, 3.8) is 0 Å². The zero-order valence-electron chi connectivity index (χ0n) is 15.2. The number of ether oxygens (including phenoxy) is 1. The van der Waals surface area contributed by atoms with Crippen LogP contribution in [0.3, 0.4) is 0 Å². The van der Waals surface area contributed by atoms with Crippen molar-refractivity contribution in [2.75, 3.05) is 0 Å². The lowest BCUT2D eigenvalue weighted by atomic mass is 9.63. The molecule has 1 aliphatic heterocycles. The lowest BCUT2D eigenvalue weighted by Gasteiger charge is -2.49. The summed E-state index contributed by atoms with van der Waals surface area (Å²) in [6.45, 7) is 9.08. The first-order valence-electron chi connectivity index (χ1n) is 9.47. The van der Waals surface area contributed by atoms with E-state index in [-0.39, 0.29) is 5.60 Å². The van der Waals surface area contributed by atoms with Gasteiger partial charge in [0, 0.05) is 17.5 Å². The molecule has 1 fully saturated rings. The van der Waals surface area contributed by atoms with Crippen LogP contribution in [0.25, 0.3) is 0 Å². The maximum absolute atomic E-state index is 10.2. The summed E-state index contributed by atoms with van der Waals surface area (Å²) in [5.74, 6) is 3.27. The van der Waals surface area contributed by atoms with Crippen molar-refractivity contribution >= 4 is 0 Å². The molecule has 0 radical (unpaired) electrons. The monoisotopic (exact) mass is 316 g/mol. The number of rotatable bonds is 4. The molecular formula is C21H32O2. The Kier molecular flexibility index (Phi) is 4.62. The van der Waals surface area contributed by atoms with Crippen molar-refractivity contribution in [2.24, 2.45) is 11.8 Å². The standard InChI is InChI=1S/C21H32O2/c1-5-6-7-8-15-12-16(22)13-19-20(15)17-11-14(2)9-10-18(17)21(3,4)23-19/h12-14,17-18,22H,5-11H2,1-4H3/t14-,17-,18+/m1/s1. The molecule has 3 rings (SSSR count). The summed E-state index contributed by atoms with van der Waals surface area (Å²) in [4.78, 5) is 0. The van der Waals surface area contributed by atoms with Gasteiger partial charge in [0.15, 0.2) is 0 Å². The van der Waals surface area contributed by atoms with Gasteiger partial charge in [-0.05, 0) is 63.0 Å². The van der Waals surface area contributed by atoms with Gasteiger partial charge in [-0.1, -0.05) is 33.1 Å². The molecule has 1 aromatic carbocycles. The average molecular weight is 316 g/mol. The molecule has 1 N–H and O–H groups in total. The molecule has 0 amide bonds. The number of phenolic OH excluding ortho intramolecular Hbond substituents is 1. The minimum Gasteiger partial charge on any atom is -0.508 e. The van der Waals surface area contributed by atoms with E-state index in [0.717, 1.165) is 18.1 Å².